The molecule has 0 N–H and O–H groups in total. The number of piperidine rings is 1. The number of rotatable bonds is 6. The zero-order valence-electron chi connectivity index (χ0n) is 14.1. The first-order valence-electron chi connectivity index (χ1n) is 8.22. The van der Waals surface area contributed by atoms with Gasteiger partial charge in [-0.3, -0.25) is 9.59 Å². The molecule has 6 heteroatoms. The molecule has 1 heterocycles. The van der Waals surface area contributed by atoms with Crippen molar-refractivity contribution in [3.05, 3.63) is 60.7 Å². The van der Waals surface area contributed by atoms with Crippen molar-refractivity contribution in [3.63, 3.8) is 0 Å². The second-order valence-electron chi connectivity index (χ2n) is 6.01. The minimum Gasteiger partial charge on any atom is -0.339 e. The average Bonchev–Trinajstić information content (AvgIpc) is 2.60. The first kappa shape index (κ1) is 18.8. The smallest absolute Gasteiger partial charge is 0.256 e. The van der Waals surface area contributed by atoms with Crippen molar-refractivity contribution < 1.29 is 18.4 Å². The summed E-state index contributed by atoms with van der Waals surface area (Å²) in [7, 11) is 0. The first-order chi connectivity index (χ1) is 12.0. The Morgan fingerprint density at radius 3 is 2.28 bits per heavy atom. The van der Waals surface area contributed by atoms with Gasteiger partial charge in [0.2, 0.25) is 5.91 Å². The lowest BCUT2D eigenvalue weighted by Gasteiger charge is -2.34. The van der Waals surface area contributed by atoms with Crippen molar-refractivity contribution in [2.24, 2.45) is 5.92 Å². The van der Waals surface area contributed by atoms with E-state index in [1.165, 1.54) is 4.90 Å². The number of likely N-dealkylation sites (tertiary alicyclic amines) is 1. The van der Waals surface area contributed by atoms with Crippen LogP contribution in [0.2, 0.25) is 0 Å². The summed E-state index contributed by atoms with van der Waals surface area (Å²) >= 11 is 0. The molecule has 2 rings (SSSR count). The highest BCUT2D eigenvalue weighted by atomic mass is 19.1. The van der Waals surface area contributed by atoms with E-state index < -0.39 is 17.5 Å². The third kappa shape index (κ3) is 4.53. The van der Waals surface area contributed by atoms with Crippen LogP contribution in [-0.2, 0) is 4.79 Å². The minimum atomic E-state index is -0.869. The number of halogens is 2. The van der Waals surface area contributed by atoms with Crippen LogP contribution in [0.3, 0.4) is 0 Å². The Balaban J connectivity index is 1.98. The van der Waals surface area contributed by atoms with Crippen LogP contribution in [0.1, 0.15) is 23.2 Å². The summed E-state index contributed by atoms with van der Waals surface area (Å²) in [4.78, 5) is 28.1. The van der Waals surface area contributed by atoms with Crippen LogP contribution in [0.25, 0.3) is 0 Å². The molecule has 25 heavy (non-hydrogen) atoms. The maximum Gasteiger partial charge on any atom is 0.256 e. The molecule has 1 aliphatic rings. The van der Waals surface area contributed by atoms with E-state index in [2.05, 4.69) is 13.2 Å². The molecule has 0 unspecified atom stereocenters. The van der Waals surface area contributed by atoms with Crippen LogP contribution in [-0.4, -0.2) is 47.8 Å². The third-order valence-corrected chi connectivity index (χ3v) is 4.30. The molecule has 0 aliphatic carbocycles. The summed E-state index contributed by atoms with van der Waals surface area (Å²) in [5, 5.41) is 0. The van der Waals surface area contributed by atoms with E-state index in [9.17, 15) is 18.4 Å². The van der Waals surface area contributed by atoms with Gasteiger partial charge in [-0.25, -0.2) is 8.78 Å². The van der Waals surface area contributed by atoms with E-state index in [-0.39, 0.29) is 17.4 Å². The fourth-order valence-electron chi connectivity index (χ4n) is 2.99. The number of amides is 2. The van der Waals surface area contributed by atoms with Crippen molar-refractivity contribution in [1.82, 2.24) is 9.80 Å². The van der Waals surface area contributed by atoms with Gasteiger partial charge in [-0.1, -0.05) is 12.2 Å². The van der Waals surface area contributed by atoms with Crippen molar-refractivity contribution in [2.45, 2.75) is 12.8 Å². The standard InChI is InChI=1S/C19H22F2N2O2/c1-3-9-22(10-4-2)18(24)14-7-11-23(12-8-14)19(25)16-6-5-15(20)13-17(16)21/h3-6,13-14H,1-2,7-12H2. The molecule has 1 aliphatic heterocycles. The third-order valence-electron chi connectivity index (χ3n) is 4.30. The molecule has 0 radical (unpaired) electrons. The van der Waals surface area contributed by atoms with Gasteiger partial charge in [-0.05, 0) is 25.0 Å². The van der Waals surface area contributed by atoms with Crippen LogP contribution >= 0.6 is 0 Å². The van der Waals surface area contributed by atoms with E-state index in [4.69, 9.17) is 0 Å². The van der Waals surface area contributed by atoms with Crippen LogP contribution in [0.5, 0.6) is 0 Å². The van der Waals surface area contributed by atoms with Crippen LogP contribution in [0, 0.1) is 17.6 Å². The molecule has 1 aromatic carbocycles. The van der Waals surface area contributed by atoms with Gasteiger partial charge in [-0.15, -0.1) is 13.2 Å². The first-order valence-corrected chi connectivity index (χ1v) is 8.22. The molecule has 1 fully saturated rings. The number of carbonyl (C=O) groups excluding carboxylic acids is 2. The lowest BCUT2D eigenvalue weighted by Crippen LogP contribution is -2.44. The zero-order valence-corrected chi connectivity index (χ0v) is 14.1. The van der Waals surface area contributed by atoms with Crippen LogP contribution < -0.4 is 0 Å². The Morgan fingerprint density at radius 1 is 1.16 bits per heavy atom. The molecular formula is C19H22F2N2O2. The lowest BCUT2D eigenvalue weighted by molar-refractivity contribution is -0.135. The molecule has 1 aromatic rings. The van der Waals surface area contributed by atoms with Gasteiger partial charge in [0.1, 0.15) is 11.6 Å². The van der Waals surface area contributed by atoms with Gasteiger partial charge >= 0.3 is 0 Å². The molecule has 1 saturated heterocycles. The lowest BCUT2D eigenvalue weighted by atomic mass is 9.94. The number of carbonyl (C=O) groups is 2. The van der Waals surface area contributed by atoms with E-state index in [1.54, 1.807) is 17.1 Å². The van der Waals surface area contributed by atoms with Crippen LogP contribution in [0.4, 0.5) is 8.78 Å². The summed E-state index contributed by atoms with van der Waals surface area (Å²) in [6.07, 6.45) is 4.35. The Hall–Kier alpha value is -2.50. The topological polar surface area (TPSA) is 40.6 Å². The quantitative estimate of drug-likeness (QED) is 0.742. The molecule has 0 spiro atoms. The highest BCUT2D eigenvalue weighted by molar-refractivity contribution is 5.94. The van der Waals surface area contributed by atoms with Gasteiger partial charge in [0, 0.05) is 38.2 Å². The van der Waals surface area contributed by atoms with Gasteiger partial charge in [-0.2, -0.15) is 0 Å². The molecule has 0 saturated carbocycles. The van der Waals surface area contributed by atoms with Crippen LogP contribution in [0.15, 0.2) is 43.5 Å². The number of nitrogens with zero attached hydrogens (tertiary/aromatic N) is 2. The molecule has 0 aromatic heterocycles. The van der Waals surface area contributed by atoms with E-state index >= 15 is 0 Å². The van der Waals surface area contributed by atoms with Crippen molar-refractivity contribution in [1.29, 1.82) is 0 Å². The zero-order chi connectivity index (χ0) is 18.4. The number of hydrogen-bond acceptors (Lipinski definition) is 2. The highest BCUT2D eigenvalue weighted by Crippen LogP contribution is 2.22. The Morgan fingerprint density at radius 2 is 1.76 bits per heavy atom. The molecule has 4 nitrogen and oxygen atoms in total. The van der Waals surface area contributed by atoms with Gasteiger partial charge < -0.3 is 9.80 Å². The van der Waals surface area contributed by atoms with Gasteiger partial charge in [0.15, 0.2) is 0 Å². The Kier molecular flexibility index (Phi) is 6.44. The van der Waals surface area contributed by atoms with Crippen molar-refractivity contribution in [2.75, 3.05) is 26.2 Å². The summed E-state index contributed by atoms with van der Waals surface area (Å²) in [5.74, 6) is -2.23. The highest BCUT2D eigenvalue weighted by Gasteiger charge is 2.30. The normalized spacial score (nSPS) is 14.9. The summed E-state index contributed by atoms with van der Waals surface area (Å²) < 4.78 is 26.7. The molecule has 0 atom stereocenters. The van der Waals surface area contributed by atoms with Gasteiger partial charge in [0.25, 0.3) is 5.91 Å². The maximum absolute atomic E-state index is 13.8. The van der Waals surface area contributed by atoms with E-state index in [0.717, 1.165) is 12.1 Å². The predicted molar refractivity (Wildman–Crippen MR) is 92.0 cm³/mol. The molecule has 134 valence electrons. The number of hydrogen-bond donors (Lipinski definition) is 0. The Bertz CT molecular complexity index is 657. The fraction of sp³-hybridized carbons (Fsp3) is 0.368. The predicted octanol–water partition coefficient (Wildman–Crippen LogP) is 3.02. The average molecular weight is 348 g/mol. The molecule has 0 bridgehead atoms. The SMILES string of the molecule is C=CCN(CC=C)C(=O)C1CCN(C(=O)c2ccc(F)cc2F)CC1. The largest absolute Gasteiger partial charge is 0.339 e. The fourth-order valence-corrected chi connectivity index (χ4v) is 2.99. The summed E-state index contributed by atoms with van der Waals surface area (Å²) in [5.41, 5.74) is -0.147. The van der Waals surface area contributed by atoms with E-state index in [1.807, 2.05) is 0 Å². The minimum absolute atomic E-state index is 0.0138. The van der Waals surface area contributed by atoms with Crippen molar-refractivity contribution >= 4 is 11.8 Å². The summed E-state index contributed by atoms with van der Waals surface area (Å²) in [6.45, 7) is 8.93. The number of benzene rings is 1. The van der Waals surface area contributed by atoms with Gasteiger partial charge in [0.05, 0.1) is 5.56 Å². The Labute approximate surface area is 146 Å². The second kappa shape index (κ2) is 8.55. The molecular weight excluding hydrogens is 326 g/mol. The van der Waals surface area contributed by atoms with Crippen molar-refractivity contribution in [3.8, 4) is 0 Å². The second-order valence-corrected chi connectivity index (χ2v) is 6.01. The maximum atomic E-state index is 13.8. The summed E-state index contributed by atoms with van der Waals surface area (Å²) in [6, 6.07) is 2.92. The molecule has 2 amide bonds. The monoisotopic (exact) mass is 348 g/mol. The van der Waals surface area contributed by atoms with E-state index in [0.29, 0.717) is 45.1 Å².